The second kappa shape index (κ2) is 6.97. The smallest absolute Gasteiger partial charge is 0.271 e. The summed E-state index contributed by atoms with van der Waals surface area (Å²) in [5.41, 5.74) is 1.85. The van der Waals surface area contributed by atoms with Gasteiger partial charge in [0, 0.05) is 41.2 Å². The number of carbonyl (C=O) groups is 1. The first-order valence-corrected chi connectivity index (χ1v) is 7.89. The van der Waals surface area contributed by atoms with Crippen molar-refractivity contribution in [2.45, 2.75) is 6.42 Å². The number of nitro groups is 1. The highest BCUT2D eigenvalue weighted by molar-refractivity contribution is 7.13. The van der Waals surface area contributed by atoms with Gasteiger partial charge in [0.2, 0.25) is 5.91 Å². The quantitative estimate of drug-likeness (QED) is 0.567. The first-order valence-electron chi connectivity index (χ1n) is 7.01. The molecule has 24 heavy (non-hydrogen) atoms. The number of non-ortho nitro benzene ring substituents is 1. The van der Waals surface area contributed by atoms with Crippen molar-refractivity contribution in [3.63, 3.8) is 0 Å². The number of anilines is 1. The van der Waals surface area contributed by atoms with Crippen LogP contribution in [0.15, 0.2) is 54.2 Å². The van der Waals surface area contributed by atoms with E-state index in [2.05, 4.69) is 15.3 Å². The Hall–Kier alpha value is -3.13. The fourth-order valence-corrected chi connectivity index (χ4v) is 2.89. The third kappa shape index (κ3) is 3.79. The standard InChI is InChI=1S/C16H12N4O3S/c21-15(18-12-4-1-5-14(7-12)20(22)23)8-13-10-24-16(19-13)11-3-2-6-17-9-11/h1-7,9-10H,8H2,(H,18,21). The van der Waals surface area contributed by atoms with E-state index >= 15 is 0 Å². The third-order valence-electron chi connectivity index (χ3n) is 3.14. The van der Waals surface area contributed by atoms with Crippen LogP contribution in [-0.2, 0) is 11.2 Å². The minimum atomic E-state index is -0.504. The van der Waals surface area contributed by atoms with E-state index in [-0.39, 0.29) is 18.0 Å². The number of nitro benzene ring substituents is 1. The molecule has 0 saturated carbocycles. The van der Waals surface area contributed by atoms with Gasteiger partial charge in [0.25, 0.3) is 5.69 Å². The lowest BCUT2D eigenvalue weighted by Gasteiger charge is -2.03. The molecule has 0 aliphatic carbocycles. The molecule has 0 saturated heterocycles. The van der Waals surface area contributed by atoms with E-state index in [4.69, 9.17) is 0 Å². The Morgan fingerprint density at radius 1 is 1.29 bits per heavy atom. The number of pyridine rings is 1. The van der Waals surface area contributed by atoms with E-state index in [0.29, 0.717) is 11.4 Å². The van der Waals surface area contributed by atoms with Gasteiger partial charge in [-0.3, -0.25) is 19.9 Å². The molecule has 0 fully saturated rings. The zero-order valence-corrected chi connectivity index (χ0v) is 13.2. The second-order valence-corrected chi connectivity index (χ2v) is 5.78. The molecule has 0 aliphatic heterocycles. The molecule has 1 amide bonds. The maximum Gasteiger partial charge on any atom is 0.271 e. The number of hydrogen-bond donors (Lipinski definition) is 1. The van der Waals surface area contributed by atoms with Gasteiger partial charge in [0.1, 0.15) is 5.01 Å². The molecular weight excluding hydrogens is 328 g/mol. The highest BCUT2D eigenvalue weighted by atomic mass is 32.1. The van der Waals surface area contributed by atoms with Crippen molar-refractivity contribution in [1.29, 1.82) is 0 Å². The molecule has 0 unspecified atom stereocenters. The zero-order valence-electron chi connectivity index (χ0n) is 12.4. The summed E-state index contributed by atoms with van der Waals surface area (Å²) in [6.45, 7) is 0. The number of rotatable bonds is 5. The Kier molecular flexibility index (Phi) is 4.57. The number of hydrogen-bond acceptors (Lipinski definition) is 6. The second-order valence-electron chi connectivity index (χ2n) is 4.92. The summed E-state index contributed by atoms with van der Waals surface area (Å²) >= 11 is 1.44. The fraction of sp³-hybridized carbons (Fsp3) is 0.0625. The highest BCUT2D eigenvalue weighted by Gasteiger charge is 2.11. The first-order chi connectivity index (χ1) is 11.6. The molecule has 2 aromatic heterocycles. The van der Waals surface area contributed by atoms with Crippen LogP contribution < -0.4 is 5.32 Å². The normalized spacial score (nSPS) is 10.3. The van der Waals surface area contributed by atoms with E-state index in [1.165, 1.54) is 29.5 Å². The van der Waals surface area contributed by atoms with Crippen molar-refractivity contribution in [2.75, 3.05) is 5.32 Å². The fourth-order valence-electron chi connectivity index (χ4n) is 2.08. The average molecular weight is 340 g/mol. The SMILES string of the molecule is O=C(Cc1csc(-c2cccnc2)n1)Nc1cccc([N+](=O)[O-])c1. The predicted molar refractivity (Wildman–Crippen MR) is 90.8 cm³/mol. The Morgan fingerprint density at radius 2 is 2.17 bits per heavy atom. The number of benzene rings is 1. The first kappa shape index (κ1) is 15.8. The summed E-state index contributed by atoms with van der Waals surface area (Å²) in [5, 5.41) is 16.0. The zero-order chi connectivity index (χ0) is 16.9. The lowest BCUT2D eigenvalue weighted by molar-refractivity contribution is -0.384. The molecular formula is C16H12N4O3S. The Balaban J connectivity index is 1.66. The minimum Gasteiger partial charge on any atom is -0.325 e. The van der Waals surface area contributed by atoms with Gasteiger partial charge in [0.15, 0.2) is 0 Å². The Bertz CT molecular complexity index is 880. The van der Waals surface area contributed by atoms with Gasteiger partial charge in [0.05, 0.1) is 17.0 Å². The van der Waals surface area contributed by atoms with Crippen LogP contribution in [-0.4, -0.2) is 20.8 Å². The van der Waals surface area contributed by atoms with Gasteiger partial charge in [-0.15, -0.1) is 11.3 Å². The molecule has 0 bridgehead atoms. The van der Waals surface area contributed by atoms with Gasteiger partial charge in [-0.2, -0.15) is 0 Å². The van der Waals surface area contributed by atoms with E-state index in [1.807, 2.05) is 17.5 Å². The largest absolute Gasteiger partial charge is 0.325 e. The summed E-state index contributed by atoms with van der Waals surface area (Å²) < 4.78 is 0. The van der Waals surface area contributed by atoms with E-state index in [1.54, 1.807) is 18.5 Å². The molecule has 0 aliphatic rings. The monoisotopic (exact) mass is 340 g/mol. The van der Waals surface area contributed by atoms with Gasteiger partial charge < -0.3 is 5.32 Å². The molecule has 2 heterocycles. The molecule has 0 radical (unpaired) electrons. The molecule has 1 N–H and O–H groups in total. The number of amides is 1. The van der Waals surface area contributed by atoms with Crippen molar-refractivity contribution in [2.24, 2.45) is 0 Å². The van der Waals surface area contributed by atoms with Crippen LogP contribution in [0.2, 0.25) is 0 Å². The molecule has 0 atom stereocenters. The van der Waals surface area contributed by atoms with E-state index < -0.39 is 4.92 Å². The molecule has 120 valence electrons. The Labute approximate surface area is 141 Å². The maximum atomic E-state index is 12.1. The predicted octanol–water partition coefficient (Wildman–Crippen LogP) is 3.29. The van der Waals surface area contributed by atoms with Gasteiger partial charge in [-0.25, -0.2) is 4.98 Å². The molecule has 3 rings (SSSR count). The van der Waals surface area contributed by atoms with E-state index in [9.17, 15) is 14.9 Å². The molecule has 7 nitrogen and oxygen atoms in total. The van der Waals surface area contributed by atoms with Crippen LogP contribution in [0, 0.1) is 10.1 Å². The van der Waals surface area contributed by atoms with Crippen LogP contribution in [0.4, 0.5) is 11.4 Å². The van der Waals surface area contributed by atoms with Crippen molar-refractivity contribution in [1.82, 2.24) is 9.97 Å². The number of aromatic nitrogens is 2. The van der Waals surface area contributed by atoms with Gasteiger partial charge >= 0.3 is 0 Å². The van der Waals surface area contributed by atoms with Crippen LogP contribution in [0.1, 0.15) is 5.69 Å². The average Bonchev–Trinajstić information content (AvgIpc) is 3.04. The number of thiazole rings is 1. The lowest BCUT2D eigenvalue weighted by Crippen LogP contribution is -2.14. The van der Waals surface area contributed by atoms with Crippen molar-refractivity contribution in [3.05, 3.63) is 70.0 Å². The van der Waals surface area contributed by atoms with Gasteiger partial charge in [-0.1, -0.05) is 6.07 Å². The topological polar surface area (TPSA) is 98.0 Å². The third-order valence-corrected chi connectivity index (χ3v) is 4.08. The minimum absolute atomic E-state index is 0.0691. The number of carbonyl (C=O) groups excluding carboxylic acids is 1. The maximum absolute atomic E-state index is 12.1. The van der Waals surface area contributed by atoms with Crippen LogP contribution in [0.25, 0.3) is 10.6 Å². The van der Waals surface area contributed by atoms with Crippen molar-refractivity contribution < 1.29 is 9.72 Å². The van der Waals surface area contributed by atoms with Crippen LogP contribution in [0.5, 0.6) is 0 Å². The Morgan fingerprint density at radius 3 is 2.92 bits per heavy atom. The van der Waals surface area contributed by atoms with E-state index in [0.717, 1.165) is 10.6 Å². The highest BCUT2D eigenvalue weighted by Crippen LogP contribution is 2.23. The lowest BCUT2D eigenvalue weighted by atomic mass is 10.2. The van der Waals surface area contributed by atoms with Gasteiger partial charge in [-0.05, 0) is 18.2 Å². The summed E-state index contributed by atoms with van der Waals surface area (Å²) in [4.78, 5) is 30.8. The van der Waals surface area contributed by atoms with Crippen molar-refractivity contribution in [3.8, 4) is 10.6 Å². The summed E-state index contributed by atoms with van der Waals surface area (Å²) in [6.07, 6.45) is 3.50. The van der Waals surface area contributed by atoms with Crippen molar-refractivity contribution >= 4 is 28.6 Å². The molecule has 8 heteroatoms. The number of nitrogens with zero attached hydrogens (tertiary/aromatic N) is 3. The molecule has 0 spiro atoms. The summed E-state index contributed by atoms with van der Waals surface area (Å²) in [6, 6.07) is 9.55. The molecule has 3 aromatic rings. The summed E-state index contributed by atoms with van der Waals surface area (Å²) in [7, 11) is 0. The number of nitrogens with one attached hydrogen (secondary N) is 1. The molecule has 1 aromatic carbocycles. The van der Waals surface area contributed by atoms with Crippen LogP contribution in [0.3, 0.4) is 0 Å². The summed E-state index contributed by atoms with van der Waals surface area (Å²) in [5.74, 6) is -0.279. The van der Waals surface area contributed by atoms with Crippen LogP contribution >= 0.6 is 11.3 Å².